The van der Waals surface area contributed by atoms with Crippen LogP contribution >= 0.6 is 0 Å². The summed E-state index contributed by atoms with van der Waals surface area (Å²) in [5.41, 5.74) is 1.47. The van der Waals surface area contributed by atoms with Crippen LogP contribution in [-0.4, -0.2) is 37.0 Å². The summed E-state index contributed by atoms with van der Waals surface area (Å²) >= 11 is 0. The van der Waals surface area contributed by atoms with E-state index in [0.29, 0.717) is 36.0 Å². The Hall–Kier alpha value is -6.42. The number of esters is 3. The van der Waals surface area contributed by atoms with Crippen LogP contribution in [0.15, 0.2) is 121 Å². The molecule has 10 nitrogen and oxygen atoms in total. The Balaban J connectivity index is 1.00. The van der Waals surface area contributed by atoms with Crippen LogP contribution < -0.4 is 29.0 Å². The monoisotopic (exact) mass is 869 g/mol. The quantitative estimate of drug-likeness (QED) is 0.0297. The molecule has 5 aromatic rings. The highest BCUT2D eigenvalue weighted by atomic mass is 16.5. The molecule has 0 aliphatic rings. The lowest BCUT2D eigenvalue weighted by atomic mass is 10.1. The second-order valence-electron chi connectivity index (χ2n) is 15.9. The van der Waals surface area contributed by atoms with Gasteiger partial charge in [0.2, 0.25) is 0 Å². The van der Waals surface area contributed by atoms with Crippen molar-refractivity contribution in [1.82, 2.24) is 0 Å². The van der Waals surface area contributed by atoms with Crippen molar-refractivity contribution < 1.29 is 42.9 Å². The minimum Gasteiger partial charge on any atom is -0.494 e. The number of hydrogen-bond acceptors (Lipinski definition) is 9. The largest absolute Gasteiger partial charge is 0.494 e. The number of benzene rings is 5. The van der Waals surface area contributed by atoms with E-state index in [0.717, 1.165) is 37.2 Å². The molecule has 0 heterocycles. The van der Waals surface area contributed by atoms with E-state index < -0.39 is 23.8 Å². The van der Waals surface area contributed by atoms with Crippen LogP contribution in [0.4, 0.5) is 5.69 Å². The van der Waals surface area contributed by atoms with Gasteiger partial charge in [-0.25, -0.2) is 14.4 Å². The zero-order valence-electron chi connectivity index (χ0n) is 37.4. The standard InChI is InChI=1S/C54H63NO9/c1-3-5-7-9-11-13-15-17-38-60-46-30-34-48(35-31-46)62-52(57)42-24-22-41(23-25-42)51(56)55-45-20-19-21-50(40-45)64-54(59)44-28-26-43(27-29-44)53(58)63-49-36-32-47(33-37-49)61-39-18-16-14-12-10-8-6-4-2/h19-37,40H,3-18,38-39H2,1-2H3,(H,55,56). The van der Waals surface area contributed by atoms with Crippen molar-refractivity contribution in [2.45, 2.75) is 117 Å². The van der Waals surface area contributed by atoms with Gasteiger partial charge in [0.05, 0.1) is 29.9 Å². The zero-order chi connectivity index (χ0) is 45.2. The minimum atomic E-state index is -0.646. The number of anilines is 1. The van der Waals surface area contributed by atoms with Gasteiger partial charge in [0.25, 0.3) is 5.91 Å². The molecule has 0 radical (unpaired) electrons. The molecule has 338 valence electrons. The summed E-state index contributed by atoms with van der Waals surface area (Å²) in [5, 5.41) is 2.79. The summed E-state index contributed by atoms with van der Waals surface area (Å²) in [6.45, 7) is 5.76. The van der Waals surface area contributed by atoms with Crippen molar-refractivity contribution in [3.8, 4) is 28.7 Å². The molecule has 5 aromatic carbocycles. The lowest BCUT2D eigenvalue weighted by molar-refractivity contribution is 0.0720. The van der Waals surface area contributed by atoms with Crippen molar-refractivity contribution in [2.24, 2.45) is 0 Å². The molecule has 0 spiro atoms. The van der Waals surface area contributed by atoms with E-state index in [9.17, 15) is 19.2 Å². The highest BCUT2D eigenvalue weighted by Gasteiger charge is 2.15. The molecule has 0 saturated carbocycles. The average molecular weight is 870 g/mol. The van der Waals surface area contributed by atoms with Crippen LogP contribution in [0.25, 0.3) is 0 Å². The van der Waals surface area contributed by atoms with Crippen molar-refractivity contribution in [1.29, 1.82) is 0 Å². The SMILES string of the molecule is CCCCCCCCCCOc1ccc(OC(=O)c2ccc(C(=O)Nc3cccc(OC(=O)c4ccc(C(=O)Oc5ccc(OCCCCCCCCCC)cc5)cc4)c3)cc2)cc1. The van der Waals surface area contributed by atoms with Gasteiger partial charge in [-0.05, 0) is 122 Å². The molecule has 1 N–H and O–H groups in total. The molecule has 0 fully saturated rings. The van der Waals surface area contributed by atoms with E-state index in [2.05, 4.69) is 19.2 Å². The fourth-order valence-corrected chi connectivity index (χ4v) is 6.90. The average Bonchev–Trinajstić information content (AvgIpc) is 3.31. The lowest BCUT2D eigenvalue weighted by Gasteiger charge is -2.10. The number of carbonyl (C=O) groups excluding carboxylic acids is 4. The summed E-state index contributed by atoms with van der Waals surface area (Å²) in [5.74, 6) is 0.219. The van der Waals surface area contributed by atoms with Crippen molar-refractivity contribution in [3.63, 3.8) is 0 Å². The van der Waals surface area contributed by atoms with E-state index in [1.807, 2.05) is 0 Å². The summed E-state index contributed by atoms with van der Waals surface area (Å²) < 4.78 is 28.3. The predicted octanol–water partition coefficient (Wildman–Crippen LogP) is 13.6. The first-order chi connectivity index (χ1) is 31.3. The fourth-order valence-electron chi connectivity index (χ4n) is 6.90. The smallest absolute Gasteiger partial charge is 0.343 e. The van der Waals surface area contributed by atoms with E-state index in [-0.39, 0.29) is 22.4 Å². The maximum absolute atomic E-state index is 13.1. The Labute approximate surface area is 378 Å². The fraction of sp³-hybridized carbons (Fsp3) is 0.370. The molecule has 64 heavy (non-hydrogen) atoms. The molecule has 5 rings (SSSR count). The molecule has 0 bridgehead atoms. The Bertz CT molecular complexity index is 2010. The predicted molar refractivity (Wildman–Crippen MR) is 251 cm³/mol. The molecule has 0 atom stereocenters. The number of carbonyl (C=O) groups is 4. The zero-order valence-corrected chi connectivity index (χ0v) is 37.4. The maximum atomic E-state index is 13.1. The molecule has 0 aromatic heterocycles. The molecule has 1 amide bonds. The van der Waals surface area contributed by atoms with Gasteiger partial charge in [0.1, 0.15) is 28.7 Å². The highest BCUT2D eigenvalue weighted by Crippen LogP contribution is 2.23. The molecule has 0 aliphatic heterocycles. The van der Waals surface area contributed by atoms with Crippen LogP contribution in [0.3, 0.4) is 0 Å². The van der Waals surface area contributed by atoms with E-state index in [1.54, 1.807) is 66.7 Å². The van der Waals surface area contributed by atoms with Crippen LogP contribution in [0.1, 0.15) is 158 Å². The molecule has 0 aliphatic carbocycles. The van der Waals surface area contributed by atoms with Gasteiger partial charge in [-0.15, -0.1) is 0 Å². The summed E-state index contributed by atoms with van der Waals surface area (Å²) in [6.07, 6.45) is 19.8. The third-order valence-corrected chi connectivity index (χ3v) is 10.6. The number of amides is 1. The van der Waals surface area contributed by atoms with Gasteiger partial charge in [0.15, 0.2) is 0 Å². The Morgan fingerprint density at radius 3 is 1.12 bits per heavy atom. The van der Waals surface area contributed by atoms with E-state index in [4.69, 9.17) is 23.7 Å². The van der Waals surface area contributed by atoms with Gasteiger partial charge in [-0.3, -0.25) is 4.79 Å². The molecule has 0 unspecified atom stereocenters. The number of hydrogen-bond donors (Lipinski definition) is 1. The van der Waals surface area contributed by atoms with Gasteiger partial charge >= 0.3 is 17.9 Å². The molecular weight excluding hydrogens is 807 g/mol. The number of rotatable bonds is 28. The highest BCUT2D eigenvalue weighted by molar-refractivity contribution is 6.05. The maximum Gasteiger partial charge on any atom is 0.343 e. The van der Waals surface area contributed by atoms with E-state index >= 15 is 0 Å². The summed E-state index contributed by atoms with van der Waals surface area (Å²) in [6, 6.07) is 32.3. The Kier molecular flexibility index (Phi) is 21.0. The van der Waals surface area contributed by atoms with Gasteiger partial charge in [0, 0.05) is 17.3 Å². The first kappa shape index (κ1) is 48.6. The number of unbranched alkanes of at least 4 members (excludes halogenated alkanes) is 14. The molecule has 10 heteroatoms. The minimum absolute atomic E-state index is 0.206. The van der Waals surface area contributed by atoms with E-state index in [1.165, 1.54) is 132 Å². The lowest BCUT2D eigenvalue weighted by Crippen LogP contribution is -2.14. The van der Waals surface area contributed by atoms with Crippen LogP contribution in [0.2, 0.25) is 0 Å². The first-order valence-corrected chi connectivity index (χ1v) is 23.0. The molecule has 0 saturated heterocycles. The van der Waals surface area contributed by atoms with Crippen LogP contribution in [-0.2, 0) is 0 Å². The summed E-state index contributed by atoms with van der Waals surface area (Å²) in [7, 11) is 0. The Morgan fingerprint density at radius 1 is 0.375 bits per heavy atom. The second kappa shape index (κ2) is 27.6. The third-order valence-electron chi connectivity index (χ3n) is 10.6. The van der Waals surface area contributed by atoms with Gasteiger partial charge in [-0.1, -0.05) is 110 Å². The van der Waals surface area contributed by atoms with Crippen molar-refractivity contribution in [3.05, 3.63) is 144 Å². The van der Waals surface area contributed by atoms with Crippen molar-refractivity contribution in [2.75, 3.05) is 18.5 Å². The second-order valence-corrected chi connectivity index (χ2v) is 15.9. The van der Waals surface area contributed by atoms with Crippen LogP contribution in [0, 0.1) is 0 Å². The first-order valence-electron chi connectivity index (χ1n) is 23.0. The molecular formula is C54H63NO9. The van der Waals surface area contributed by atoms with Gasteiger partial charge < -0.3 is 29.0 Å². The van der Waals surface area contributed by atoms with Crippen molar-refractivity contribution >= 4 is 29.5 Å². The number of ether oxygens (including phenoxy) is 5. The number of nitrogens with one attached hydrogen (secondary N) is 1. The topological polar surface area (TPSA) is 126 Å². The normalized spacial score (nSPS) is 10.8. The van der Waals surface area contributed by atoms with Crippen LogP contribution in [0.5, 0.6) is 28.7 Å². The third kappa shape index (κ3) is 17.4. The Morgan fingerprint density at radius 2 is 0.719 bits per heavy atom. The summed E-state index contributed by atoms with van der Waals surface area (Å²) in [4.78, 5) is 51.7. The van der Waals surface area contributed by atoms with Gasteiger partial charge in [-0.2, -0.15) is 0 Å².